The number of carboxylic acids is 1. The van der Waals surface area contributed by atoms with E-state index < -0.39 is 11.4 Å². The summed E-state index contributed by atoms with van der Waals surface area (Å²) in [6, 6.07) is 0. The largest absolute Gasteiger partial charge is 0.481 e. The topological polar surface area (TPSA) is 66.8 Å². The van der Waals surface area contributed by atoms with Crippen molar-refractivity contribution in [3.63, 3.8) is 0 Å². The number of hydrogen-bond acceptors (Lipinski definition) is 4. The number of nitrogens with zero attached hydrogens (tertiary/aromatic N) is 1. The molecule has 0 heterocycles. The smallest absolute Gasteiger partial charge is 0.306 e. The number of rotatable bonds is 12. The predicted octanol–water partition coefficient (Wildman–Crippen LogP) is 12.6. The first-order valence-corrected chi connectivity index (χ1v) is 22.6. The summed E-state index contributed by atoms with van der Waals surface area (Å²) in [7, 11) is 0. The zero-order chi connectivity index (χ0) is 39.8. The Kier molecular flexibility index (Phi) is 13.9. The summed E-state index contributed by atoms with van der Waals surface area (Å²) in [6.07, 6.45) is 17.1. The van der Waals surface area contributed by atoms with Gasteiger partial charge in [0.25, 0.3) is 0 Å². The molecule has 6 fully saturated rings. The first-order valence-electron chi connectivity index (χ1n) is 22.6. The maximum atomic E-state index is 13.2. The highest BCUT2D eigenvalue weighted by Gasteiger charge is 2.71. The minimum Gasteiger partial charge on any atom is -0.481 e. The van der Waals surface area contributed by atoms with E-state index in [0.717, 1.165) is 30.6 Å². The summed E-state index contributed by atoms with van der Waals surface area (Å²) >= 11 is 0. The van der Waals surface area contributed by atoms with E-state index in [1.54, 1.807) is 0 Å². The minimum absolute atomic E-state index is 0.0242. The van der Waals surface area contributed by atoms with Crippen LogP contribution >= 0.6 is 0 Å². The van der Waals surface area contributed by atoms with Crippen LogP contribution in [0.25, 0.3) is 0 Å². The lowest BCUT2D eigenvalue weighted by Gasteiger charge is -2.73. The van der Waals surface area contributed by atoms with Crippen LogP contribution in [0.1, 0.15) is 186 Å². The normalized spacial score (nSPS) is 39.8. The molecule has 0 spiro atoms. The molecule has 5 nitrogen and oxygen atoms in total. The first-order chi connectivity index (χ1) is 24.8. The molecule has 0 aromatic heterocycles. The Morgan fingerprint density at radius 3 is 2.06 bits per heavy atom. The summed E-state index contributed by atoms with van der Waals surface area (Å²) in [5.74, 6) is 3.32. The molecule has 1 N–H and O–H groups in total. The highest BCUT2D eigenvalue weighted by Crippen LogP contribution is 2.78. The SMILES string of the molecule is C=C(C)[C@@H]1CC[C@]2(CCN(CC)CC3CC3)CC[C@]3(C)[C@H](CCC4[C@@]5(C)CCC(OC(=O)CC(C)(C)CC(=O)O)C(C)(C)C5CC[C@]43C)C12.CC.CC. The molecule has 53 heavy (non-hydrogen) atoms. The van der Waals surface area contributed by atoms with Crippen LogP contribution in [-0.2, 0) is 14.3 Å². The van der Waals surface area contributed by atoms with Gasteiger partial charge in [0.05, 0.1) is 12.8 Å². The molecule has 0 radical (unpaired) electrons. The number of aliphatic carboxylic acids is 1. The van der Waals surface area contributed by atoms with E-state index in [-0.39, 0.29) is 35.7 Å². The van der Waals surface area contributed by atoms with Gasteiger partial charge in [0, 0.05) is 12.0 Å². The Balaban J connectivity index is 0.00000152. The second-order valence-electron chi connectivity index (χ2n) is 20.9. The zero-order valence-electron chi connectivity index (χ0n) is 37.1. The Morgan fingerprint density at radius 1 is 0.811 bits per heavy atom. The van der Waals surface area contributed by atoms with Gasteiger partial charge in [-0.15, -0.1) is 0 Å². The molecule has 10 atom stereocenters. The van der Waals surface area contributed by atoms with E-state index in [1.165, 1.54) is 95.8 Å². The van der Waals surface area contributed by atoms with Crippen LogP contribution in [0.15, 0.2) is 12.2 Å². The molecule has 4 unspecified atom stereocenters. The Morgan fingerprint density at radius 2 is 1.47 bits per heavy atom. The molecule has 0 aromatic rings. The highest BCUT2D eigenvalue weighted by atomic mass is 16.5. The maximum Gasteiger partial charge on any atom is 0.306 e. The van der Waals surface area contributed by atoms with Crippen LogP contribution < -0.4 is 0 Å². The lowest BCUT2D eigenvalue weighted by Crippen LogP contribution is -2.66. The van der Waals surface area contributed by atoms with Crippen LogP contribution in [-0.4, -0.2) is 47.7 Å². The fourth-order valence-electron chi connectivity index (χ4n) is 14.4. The number of ether oxygens (including phenoxy) is 1. The van der Waals surface area contributed by atoms with E-state index >= 15 is 0 Å². The van der Waals surface area contributed by atoms with Crippen LogP contribution in [0.4, 0.5) is 0 Å². The maximum absolute atomic E-state index is 13.2. The first kappa shape index (κ1) is 44.4. The molecular formula is C48H85NO4. The van der Waals surface area contributed by atoms with Crippen molar-refractivity contribution in [2.24, 2.45) is 68.0 Å². The minimum atomic E-state index is -0.862. The molecule has 0 saturated heterocycles. The standard InChI is InChI=1S/C44H73NO4.2C2H6/c1-11-45(28-30-12-13-30)25-24-44-21-16-31(29(2)3)38(44)32-14-15-34-41(8)19-18-35(49-37(48)27-39(4,5)26-36(46)47)40(6,7)33(41)17-20-43(34,10)42(32,9)22-23-44;2*1-2/h30-35,38H,2,11-28H2,1,3-10H3,(H,46,47);2*1-2H3/t31-,32+,33?,34?,35?,38?,41-,42+,43+,44+;;/m0../s1. The highest BCUT2D eigenvalue weighted by molar-refractivity contribution is 5.73. The molecule has 6 aliphatic rings. The van der Waals surface area contributed by atoms with Gasteiger partial charge >= 0.3 is 11.9 Å². The Hall–Kier alpha value is -1.36. The third-order valence-corrected chi connectivity index (χ3v) is 17.3. The molecule has 0 aromatic carbocycles. The van der Waals surface area contributed by atoms with Crippen molar-refractivity contribution in [3.05, 3.63) is 12.2 Å². The molecule has 0 amide bonds. The van der Waals surface area contributed by atoms with Crippen molar-refractivity contribution in [1.82, 2.24) is 4.90 Å². The summed E-state index contributed by atoms with van der Waals surface area (Å²) < 4.78 is 6.31. The molecule has 306 valence electrons. The zero-order valence-corrected chi connectivity index (χ0v) is 37.1. The van der Waals surface area contributed by atoms with Crippen LogP contribution in [0.3, 0.4) is 0 Å². The molecule has 0 bridgehead atoms. The van der Waals surface area contributed by atoms with Crippen molar-refractivity contribution < 1.29 is 19.4 Å². The van der Waals surface area contributed by atoms with Crippen molar-refractivity contribution in [1.29, 1.82) is 0 Å². The van der Waals surface area contributed by atoms with Gasteiger partial charge in [-0.25, -0.2) is 0 Å². The summed E-state index contributed by atoms with van der Waals surface area (Å²) in [5.41, 5.74) is 2.11. The van der Waals surface area contributed by atoms with E-state index in [1.807, 2.05) is 41.5 Å². The average molecular weight is 740 g/mol. The van der Waals surface area contributed by atoms with Gasteiger partial charge in [0.1, 0.15) is 6.10 Å². The van der Waals surface area contributed by atoms with Crippen molar-refractivity contribution in [2.75, 3.05) is 19.6 Å². The number of carboxylic acid groups (broad SMARTS) is 1. The van der Waals surface area contributed by atoms with Crippen molar-refractivity contribution in [3.8, 4) is 0 Å². The second-order valence-corrected chi connectivity index (χ2v) is 20.9. The summed E-state index contributed by atoms with van der Waals surface area (Å²) in [6.45, 7) is 37.8. The number of carbonyl (C=O) groups excluding carboxylic acids is 1. The quantitative estimate of drug-likeness (QED) is 0.159. The fraction of sp³-hybridized carbons (Fsp3) is 0.917. The van der Waals surface area contributed by atoms with Gasteiger partial charge in [-0.2, -0.15) is 0 Å². The van der Waals surface area contributed by atoms with Gasteiger partial charge in [-0.3, -0.25) is 9.59 Å². The van der Waals surface area contributed by atoms with Gasteiger partial charge in [0.2, 0.25) is 0 Å². The lowest BCUT2D eigenvalue weighted by molar-refractivity contribution is -0.250. The van der Waals surface area contributed by atoms with E-state index in [9.17, 15) is 14.7 Å². The number of allylic oxidation sites excluding steroid dienone is 1. The molecular weight excluding hydrogens is 655 g/mol. The third kappa shape index (κ3) is 8.23. The molecule has 0 aliphatic heterocycles. The van der Waals surface area contributed by atoms with Crippen LogP contribution in [0.2, 0.25) is 0 Å². The van der Waals surface area contributed by atoms with Crippen LogP contribution in [0.5, 0.6) is 0 Å². The van der Waals surface area contributed by atoms with E-state index in [0.29, 0.717) is 34.0 Å². The lowest BCUT2D eigenvalue weighted by atomic mass is 9.32. The predicted molar refractivity (Wildman–Crippen MR) is 222 cm³/mol. The average Bonchev–Trinajstić information content (AvgIpc) is 3.82. The number of carbonyl (C=O) groups is 2. The number of esters is 1. The second kappa shape index (κ2) is 16.6. The molecule has 6 rings (SSSR count). The van der Waals surface area contributed by atoms with Gasteiger partial charge in [0.15, 0.2) is 0 Å². The van der Waals surface area contributed by atoms with Crippen LogP contribution in [0, 0.1) is 68.0 Å². The van der Waals surface area contributed by atoms with Gasteiger partial charge in [-0.1, -0.05) is 95.2 Å². The van der Waals surface area contributed by atoms with E-state index in [2.05, 4.69) is 59.9 Å². The summed E-state index contributed by atoms with van der Waals surface area (Å²) in [4.78, 5) is 27.4. The third-order valence-electron chi connectivity index (χ3n) is 17.3. The molecule has 5 heteroatoms. The number of hydrogen-bond donors (Lipinski definition) is 1. The van der Waals surface area contributed by atoms with E-state index in [4.69, 9.17) is 4.74 Å². The Bertz CT molecular complexity index is 1280. The monoisotopic (exact) mass is 740 g/mol. The fourth-order valence-corrected chi connectivity index (χ4v) is 14.4. The molecule has 6 saturated carbocycles. The van der Waals surface area contributed by atoms with Crippen molar-refractivity contribution in [2.45, 2.75) is 192 Å². The Labute approximate surface area is 327 Å². The van der Waals surface area contributed by atoms with Gasteiger partial charge in [-0.05, 0) is 166 Å². The molecule has 6 aliphatic carbocycles. The van der Waals surface area contributed by atoms with Crippen molar-refractivity contribution >= 4 is 11.9 Å². The summed E-state index contributed by atoms with van der Waals surface area (Å²) in [5, 5.41) is 9.35. The number of fused-ring (bicyclic) bond motifs is 7. The van der Waals surface area contributed by atoms with Gasteiger partial charge < -0.3 is 14.7 Å².